The van der Waals surface area contributed by atoms with Crippen LogP contribution in [0, 0.1) is 6.92 Å². The van der Waals surface area contributed by atoms with Gasteiger partial charge in [0.05, 0.1) is 6.10 Å². The fraction of sp³-hybridized carbons (Fsp3) is 0.200. The van der Waals surface area contributed by atoms with E-state index in [-0.39, 0.29) is 0 Å². The standard InChI is InChI=1S/C10H11BrO/c1-3-10(12)9-6-8(11)5-4-7(9)2/h3-6,10,12H,1H2,2H3. The molecule has 1 aromatic carbocycles. The molecule has 0 saturated heterocycles. The summed E-state index contributed by atoms with van der Waals surface area (Å²) in [5, 5.41) is 9.50. The third-order valence-electron chi connectivity index (χ3n) is 1.78. The number of aliphatic hydroxyl groups excluding tert-OH is 1. The van der Waals surface area contributed by atoms with Crippen molar-refractivity contribution in [3.8, 4) is 0 Å². The molecule has 1 unspecified atom stereocenters. The van der Waals surface area contributed by atoms with Crippen molar-refractivity contribution in [2.75, 3.05) is 0 Å². The molecule has 0 spiro atoms. The molecule has 0 aliphatic heterocycles. The van der Waals surface area contributed by atoms with Crippen LogP contribution in [0.1, 0.15) is 17.2 Å². The Morgan fingerprint density at radius 1 is 1.58 bits per heavy atom. The smallest absolute Gasteiger partial charge is 0.0972 e. The second-order valence-electron chi connectivity index (χ2n) is 2.68. The van der Waals surface area contributed by atoms with Gasteiger partial charge in [-0.25, -0.2) is 0 Å². The van der Waals surface area contributed by atoms with E-state index in [1.54, 1.807) is 0 Å². The van der Waals surface area contributed by atoms with Gasteiger partial charge in [0.25, 0.3) is 0 Å². The summed E-state index contributed by atoms with van der Waals surface area (Å²) in [6.07, 6.45) is 0.955. The van der Waals surface area contributed by atoms with Crippen LogP contribution in [-0.2, 0) is 0 Å². The maximum atomic E-state index is 9.50. The van der Waals surface area contributed by atoms with Gasteiger partial charge >= 0.3 is 0 Å². The van der Waals surface area contributed by atoms with E-state index in [9.17, 15) is 5.11 Å². The summed E-state index contributed by atoms with van der Waals surface area (Å²) in [5.41, 5.74) is 1.98. The minimum atomic E-state index is -0.567. The molecule has 0 amide bonds. The first kappa shape index (κ1) is 9.49. The van der Waals surface area contributed by atoms with E-state index in [2.05, 4.69) is 22.5 Å². The number of hydrogen-bond donors (Lipinski definition) is 1. The predicted molar refractivity (Wildman–Crippen MR) is 54.0 cm³/mol. The Kier molecular flexibility index (Phi) is 3.06. The molecule has 0 heterocycles. The van der Waals surface area contributed by atoms with Crippen LogP contribution in [0.5, 0.6) is 0 Å². The summed E-state index contributed by atoms with van der Waals surface area (Å²) in [7, 11) is 0. The molecule has 1 rings (SSSR count). The van der Waals surface area contributed by atoms with Gasteiger partial charge in [-0.1, -0.05) is 28.1 Å². The highest BCUT2D eigenvalue weighted by Crippen LogP contribution is 2.22. The van der Waals surface area contributed by atoms with Crippen LogP contribution in [0.3, 0.4) is 0 Å². The van der Waals surface area contributed by atoms with E-state index in [4.69, 9.17) is 0 Å². The van der Waals surface area contributed by atoms with Crippen molar-refractivity contribution < 1.29 is 5.11 Å². The van der Waals surface area contributed by atoms with Gasteiger partial charge in [0.2, 0.25) is 0 Å². The first-order valence-corrected chi connectivity index (χ1v) is 4.51. The minimum absolute atomic E-state index is 0.567. The van der Waals surface area contributed by atoms with Crippen LogP contribution in [0.25, 0.3) is 0 Å². The summed E-state index contributed by atoms with van der Waals surface area (Å²) in [6, 6.07) is 5.82. The van der Waals surface area contributed by atoms with Crippen molar-refractivity contribution in [3.63, 3.8) is 0 Å². The van der Waals surface area contributed by atoms with E-state index in [1.165, 1.54) is 6.08 Å². The van der Waals surface area contributed by atoms with Crippen LogP contribution < -0.4 is 0 Å². The van der Waals surface area contributed by atoms with E-state index in [0.717, 1.165) is 15.6 Å². The molecule has 0 aliphatic carbocycles. The zero-order valence-corrected chi connectivity index (χ0v) is 8.51. The summed E-state index contributed by atoms with van der Waals surface area (Å²) in [5.74, 6) is 0. The fourth-order valence-corrected chi connectivity index (χ4v) is 1.44. The second kappa shape index (κ2) is 3.87. The quantitative estimate of drug-likeness (QED) is 0.770. The summed E-state index contributed by atoms with van der Waals surface area (Å²) in [6.45, 7) is 5.51. The summed E-state index contributed by atoms with van der Waals surface area (Å²) in [4.78, 5) is 0. The number of halogens is 1. The largest absolute Gasteiger partial charge is 0.384 e. The number of aliphatic hydroxyl groups is 1. The zero-order chi connectivity index (χ0) is 9.14. The average molecular weight is 227 g/mol. The lowest BCUT2D eigenvalue weighted by molar-refractivity contribution is 0.228. The van der Waals surface area contributed by atoms with Crippen LogP contribution >= 0.6 is 15.9 Å². The first-order chi connectivity index (χ1) is 5.65. The van der Waals surface area contributed by atoms with Crippen LogP contribution in [-0.4, -0.2) is 5.11 Å². The van der Waals surface area contributed by atoms with Crippen molar-refractivity contribution in [2.24, 2.45) is 0 Å². The highest BCUT2D eigenvalue weighted by atomic mass is 79.9. The van der Waals surface area contributed by atoms with Gasteiger partial charge in [-0.2, -0.15) is 0 Å². The third kappa shape index (κ3) is 1.96. The molecule has 0 aromatic heterocycles. The van der Waals surface area contributed by atoms with Gasteiger partial charge in [-0.05, 0) is 30.2 Å². The molecule has 1 aromatic rings. The fourth-order valence-electron chi connectivity index (χ4n) is 1.06. The van der Waals surface area contributed by atoms with Crippen LogP contribution in [0.2, 0.25) is 0 Å². The van der Waals surface area contributed by atoms with Gasteiger partial charge in [0.1, 0.15) is 0 Å². The van der Waals surface area contributed by atoms with Crippen molar-refractivity contribution in [1.29, 1.82) is 0 Å². The van der Waals surface area contributed by atoms with E-state index in [0.29, 0.717) is 0 Å². The Morgan fingerprint density at radius 3 is 2.83 bits per heavy atom. The molecular formula is C10H11BrO. The number of rotatable bonds is 2. The van der Waals surface area contributed by atoms with E-state index in [1.807, 2.05) is 25.1 Å². The maximum absolute atomic E-state index is 9.50. The molecule has 0 aliphatic rings. The molecule has 2 heteroatoms. The molecule has 0 bridgehead atoms. The molecule has 0 radical (unpaired) electrons. The van der Waals surface area contributed by atoms with Gasteiger partial charge in [0, 0.05) is 4.47 Å². The first-order valence-electron chi connectivity index (χ1n) is 3.72. The lowest BCUT2D eigenvalue weighted by Gasteiger charge is -2.09. The van der Waals surface area contributed by atoms with E-state index >= 15 is 0 Å². The SMILES string of the molecule is C=CC(O)c1cc(Br)ccc1C. The molecule has 1 nitrogen and oxygen atoms in total. The Bertz CT molecular complexity index is 294. The Labute approximate surface area is 80.9 Å². The highest BCUT2D eigenvalue weighted by Gasteiger charge is 2.05. The average Bonchev–Trinajstić information content (AvgIpc) is 2.08. The van der Waals surface area contributed by atoms with E-state index < -0.39 is 6.10 Å². The number of aryl methyl sites for hydroxylation is 1. The maximum Gasteiger partial charge on any atom is 0.0972 e. The molecule has 0 fully saturated rings. The van der Waals surface area contributed by atoms with Crippen molar-refractivity contribution in [2.45, 2.75) is 13.0 Å². The lowest BCUT2D eigenvalue weighted by Crippen LogP contribution is -1.95. The van der Waals surface area contributed by atoms with Gasteiger partial charge < -0.3 is 5.11 Å². The lowest BCUT2D eigenvalue weighted by atomic mass is 10.0. The molecule has 1 atom stereocenters. The minimum Gasteiger partial charge on any atom is -0.384 e. The van der Waals surface area contributed by atoms with Crippen LogP contribution in [0.15, 0.2) is 35.3 Å². The highest BCUT2D eigenvalue weighted by molar-refractivity contribution is 9.10. The Balaban J connectivity index is 3.12. The monoisotopic (exact) mass is 226 g/mol. The number of benzene rings is 1. The van der Waals surface area contributed by atoms with Crippen molar-refractivity contribution >= 4 is 15.9 Å². The normalized spacial score (nSPS) is 12.6. The summed E-state index contributed by atoms with van der Waals surface area (Å²) < 4.78 is 0.976. The Hall–Kier alpha value is -0.600. The Morgan fingerprint density at radius 2 is 2.25 bits per heavy atom. The second-order valence-corrected chi connectivity index (χ2v) is 3.60. The van der Waals surface area contributed by atoms with Crippen molar-refractivity contribution in [3.05, 3.63) is 46.5 Å². The molecule has 1 N–H and O–H groups in total. The third-order valence-corrected chi connectivity index (χ3v) is 2.28. The molecule has 0 saturated carbocycles. The van der Waals surface area contributed by atoms with Gasteiger partial charge in [0.15, 0.2) is 0 Å². The van der Waals surface area contributed by atoms with Gasteiger partial charge in [-0.15, -0.1) is 6.58 Å². The molecular weight excluding hydrogens is 216 g/mol. The number of hydrogen-bond acceptors (Lipinski definition) is 1. The molecule has 64 valence electrons. The van der Waals surface area contributed by atoms with Gasteiger partial charge in [-0.3, -0.25) is 0 Å². The predicted octanol–water partition coefficient (Wildman–Crippen LogP) is 2.98. The zero-order valence-electron chi connectivity index (χ0n) is 6.92. The van der Waals surface area contributed by atoms with Crippen molar-refractivity contribution in [1.82, 2.24) is 0 Å². The summed E-state index contributed by atoms with van der Waals surface area (Å²) >= 11 is 3.35. The topological polar surface area (TPSA) is 20.2 Å². The molecule has 12 heavy (non-hydrogen) atoms. The van der Waals surface area contributed by atoms with Crippen LogP contribution in [0.4, 0.5) is 0 Å².